The van der Waals surface area contributed by atoms with Gasteiger partial charge in [0.1, 0.15) is 0 Å². The lowest BCUT2D eigenvalue weighted by molar-refractivity contribution is 0.0962. The highest BCUT2D eigenvalue weighted by Gasteiger charge is 2.29. The Morgan fingerprint density at radius 1 is 0.971 bits per heavy atom. The fourth-order valence-corrected chi connectivity index (χ4v) is 5.09. The lowest BCUT2D eigenvalue weighted by atomic mass is 9.82. The van der Waals surface area contributed by atoms with Gasteiger partial charge in [-0.05, 0) is 47.7 Å². The van der Waals surface area contributed by atoms with E-state index in [9.17, 15) is 4.79 Å². The van der Waals surface area contributed by atoms with Crippen LogP contribution in [-0.4, -0.2) is 53.6 Å². The Balaban J connectivity index is 1.12. The van der Waals surface area contributed by atoms with Crippen LogP contribution in [0.15, 0.2) is 48.7 Å². The molecule has 0 spiro atoms. The summed E-state index contributed by atoms with van der Waals surface area (Å²) in [6, 6.07) is 13.9. The number of hydrogen-bond acceptors (Lipinski definition) is 7. The van der Waals surface area contributed by atoms with Gasteiger partial charge < -0.3 is 14.4 Å². The van der Waals surface area contributed by atoms with Crippen LogP contribution in [0.2, 0.25) is 5.02 Å². The van der Waals surface area contributed by atoms with Crippen LogP contribution in [0.3, 0.4) is 0 Å². The normalized spacial score (nSPS) is 19.9. The highest BCUT2D eigenvalue weighted by molar-refractivity contribution is 6.30. The number of Topliss-reactive ketones (excluding diaryl/α,β-unsaturated/α-hetero) is 1. The average Bonchev–Trinajstić information content (AvgIpc) is 3.33. The molecular weight excluding hydrogens is 452 g/mol. The SMILES string of the molecule is O=C1CC(c2ccc(Cl)cc2)Cc2nc(N3CCN(Cc4ccc5c(c4)OCO5)CC3)ncc21. The third kappa shape index (κ3) is 4.21. The van der Waals surface area contributed by atoms with Crippen molar-refractivity contribution in [3.05, 3.63) is 76.1 Å². The predicted octanol–water partition coefficient (Wildman–Crippen LogP) is 4.09. The third-order valence-corrected chi connectivity index (χ3v) is 7.12. The first kappa shape index (κ1) is 21.4. The van der Waals surface area contributed by atoms with Gasteiger partial charge in [0.15, 0.2) is 17.3 Å². The molecule has 0 N–H and O–H groups in total. The number of hydrogen-bond donors (Lipinski definition) is 0. The first-order chi connectivity index (χ1) is 16.6. The van der Waals surface area contributed by atoms with E-state index in [1.807, 2.05) is 30.3 Å². The molecule has 0 amide bonds. The molecule has 8 heteroatoms. The highest BCUT2D eigenvalue weighted by Crippen LogP contribution is 2.34. The Morgan fingerprint density at radius 2 is 1.76 bits per heavy atom. The molecule has 7 nitrogen and oxygen atoms in total. The monoisotopic (exact) mass is 476 g/mol. The van der Waals surface area contributed by atoms with E-state index in [0.29, 0.717) is 29.7 Å². The number of fused-ring (bicyclic) bond motifs is 2. The van der Waals surface area contributed by atoms with Gasteiger partial charge in [0.25, 0.3) is 0 Å². The van der Waals surface area contributed by atoms with Gasteiger partial charge in [-0.3, -0.25) is 9.69 Å². The number of ether oxygens (including phenoxy) is 2. The molecule has 1 aromatic heterocycles. The Kier molecular flexibility index (Phi) is 5.59. The lowest BCUT2D eigenvalue weighted by Crippen LogP contribution is -2.46. The maximum Gasteiger partial charge on any atom is 0.231 e. The number of halogens is 1. The van der Waals surface area contributed by atoms with Gasteiger partial charge in [0, 0.05) is 50.4 Å². The van der Waals surface area contributed by atoms with E-state index >= 15 is 0 Å². The molecule has 174 valence electrons. The van der Waals surface area contributed by atoms with Crippen LogP contribution < -0.4 is 14.4 Å². The summed E-state index contributed by atoms with van der Waals surface area (Å²) in [5.74, 6) is 2.59. The minimum absolute atomic E-state index is 0.112. The van der Waals surface area contributed by atoms with Gasteiger partial charge in [-0.1, -0.05) is 29.8 Å². The van der Waals surface area contributed by atoms with Gasteiger partial charge in [-0.2, -0.15) is 0 Å². The van der Waals surface area contributed by atoms with Crippen LogP contribution in [0.4, 0.5) is 5.95 Å². The molecule has 2 aromatic carbocycles. The van der Waals surface area contributed by atoms with Gasteiger partial charge in [0.2, 0.25) is 12.7 Å². The van der Waals surface area contributed by atoms with Crippen LogP contribution in [0.25, 0.3) is 0 Å². The first-order valence-corrected chi connectivity index (χ1v) is 12.0. The third-order valence-electron chi connectivity index (χ3n) is 6.87. The van der Waals surface area contributed by atoms with Crippen molar-refractivity contribution in [3.8, 4) is 11.5 Å². The number of anilines is 1. The molecule has 0 bridgehead atoms. The molecule has 0 radical (unpaired) electrons. The van der Waals surface area contributed by atoms with Crippen molar-refractivity contribution in [2.45, 2.75) is 25.3 Å². The second-order valence-corrected chi connectivity index (χ2v) is 9.50. The zero-order chi connectivity index (χ0) is 23.1. The number of ketones is 1. The number of piperazine rings is 1. The van der Waals surface area contributed by atoms with Crippen molar-refractivity contribution < 1.29 is 14.3 Å². The summed E-state index contributed by atoms with van der Waals surface area (Å²) in [4.78, 5) is 26.8. The molecule has 2 aliphatic heterocycles. The summed E-state index contributed by atoms with van der Waals surface area (Å²) < 4.78 is 10.9. The Hall–Kier alpha value is -3.16. The topological polar surface area (TPSA) is 67.8 Å². The Bertz CT molecular complexity index is 1230. The number of carbonyl (C=O) groups is 1. The number of carbonyl (C=O) groups excluding carboxylic acids is 1. The standard InChI is InChI=1S/C26H25ClN4O3/c27-20-4-2-18(3-5-20)19-12-22-21(23(32)13-19)14-28-26(29-22)31-9-7-30(8-10-31)15-17-1-6-24-25(11-17)34-16-33-24/h1-6,11,14,19H,7-10,12-13,15-16H2. The maximum absolute atomic E-state index is 12.8. The summed E-state index contributed by atoms with van der Waals surface area (Å²) in [6.45, 7) is 4.69. The van der Waals surface area contributed by atoms with E-state index < -0.39 is 0 Å². The minimum Gasteiger partial charge on any atom is -0.454 e. The molecule has 1 atom stereocenters. The summed E-state index contributed by atoms with van der Waals surface area (Å²) in [5.41, 5.74) is 3.86. The van der Waals surface area contributed by atoms with E-state index in [-0.39, 0.29) is 11.7 Å². The first-order valence-electron chi connectivity index (χ1n) is 11.6. The zero-order valence-corrected chi connectivity index (χ0v) is 19.5. The van der Waals surface area contributed by atoms with E-state index in [2.05, 4.69) is 26.9 Å². The Morgan fingerprint density at radius 3 is 2.59 bits per heavy atom. The van der Waals surface area contributed by atoms with Gasteiger partial charge in [0.05, 0.1) is 11.3 Å². The van der Waals surface area contributed by atoms with E-state index in [1.54, 1.807) is 6.20 Å². The fourth-order valence-electron chi connectivity index (χ4n) is 4.96. The second kappa shape index (κ2) is 8.89. The van der Waals surface area contributed by atoms with Gasteiger partial charge >= 0.3 is 0 Å². The molecule has 0 saturated carbocycles. The maximum atomic E-state index is 12.8. The molecule has 6 rings (SSSR count). The van der Waals surface area contributed by atoms with Crippen LogP contribution in [0.5, 0.6) is 11.5 Å². The highest BCUT2D eigenvalue weighted by atomic mass is 35.5. The molecule has 1 saturated heterocycles. The van der Waals surface area contributed by atoms with Gasteiger partial charge in [-0.15, -0.1) is 0 Å². The van der Waals surface area contributed by atoms with Crippen molar-refractivity contribution in [2.24, 2.45) is 0 Å². The molecule has 34 heavy (non-hydrogen) atoms. The number of aromatic nitrogens is 2. The fraction of sp³-hybridized carbons (Fsp3) is 0.346. The molecule has 1 aliphatic carbocycles. The van der Waals surface area contributed by atoms with Crippen molar-refractivity contribution >= 4 is 23.3 Å². The number of nitrogens with zero attached hydrogens (tertiary/aromatic N) is 4. The number of rotatable bonds is 4. The molecule has 1 fully saturated rings. The van der Waals surface area contributed by atoms with Crippen LogP contribution in [0, 0.1) is 0 Å². The van der Waals surface area contributed by atoms with Crippen molar-refractivity contribution in [1.82, 2.24) is 14.9 Å². The Labute approximate surface area is 203 Å². The lowest BCUT2D eigenvalue weighted by Gasteiger charge is -2.35. The summed E-state index contributed by atoms with van der Waals surface area (Å²) >= 11 is 6.04. The zero-order valence-electron chi connectivity index (χ0n) is 18.7. The molecule has 3 aromatic rings. The van der Waals surface area contributed by atoms with E-state index in [4.69, 9.17) is 26.1 Å². The molecule has 1 unspecified atom stereocenters. The summed E-state index contributed by atoms with van der Waals surface area (Å²) in [7, 11) is 0. The second-order valence-electron chi connectivity index (χ2n) is 9.06. The summed E-state index contributed by atoms with van der Waals surface area (Å²) in [6.07, 6.45) is 2.94. The average molecular weight is 477 g/mol. The van der Waals surface area contributed by atoms with E-state index in [1.165, 1.54) is 5.56 Å². The molecular formula is C26H25ClN4O3. The van der Waals surface area contributed by atoms with Crippen LogP contribution in [-0.2, 0) is 13.0 Å². The molecule has 3 aliphatic rings. The number of benzene rings is 2. The largest absolute Gasteiger partial charge is 0.454 e. The smallest absolute Gasteiger partial charge is 0.231 e. The van der Waals surface area contributed by atoms with E-state index in [0.717, 1.165) is 61.9 Å². The predicted molar refractivity (Wildman–Crippen MR) is 129 cm³/mol. The molecule has 3 heterocycles. The minimum atomic E-state index is 0.112. The quantitative estimate of drug-likeness (QED) is 0.561. The van der Waals surface area contributed by atoms with Crippen molar-refractivity contribution in [3.63, 3.8) is 0 Å². The van der Waals surface area contributed by atoms with Crippen LogP contribution >= 0.6 is 11.6 Å². The van der Waals surface area contributed by atoms with Crippen molar-refractivity contribution in [1.29, 1.82) is 0 Å². The van der Waals surface area contributed by atoms with Crippen molar-refractivity contribution in [2.75, 3.05) is 37.9 Å². The van der Waals surface area contributed by atoms with Crippen LogP contribution in [0.1, 0.15) is 39.5 Å². The summed E-state index contributed by atoms with van der Waals surface area (Å²) in [5, 5.41) is 0.702. The van der Waals surface area contributed by atoms with Gasteiger partial charge in [-0.25, -0.2) is 9.97 Å².